The molecule has 2 bridgehead atoms. The zero-order chi connectivity index (χ0) is 22.0. The second-order valence-electron chi connectivity index (χ2n) is 8.03. The predicted molar refractivity (Wildman–Crippen MR) is 108 cm³/mol. The normalized spacial score (nSPS) is 31.1. The molecule has 2 heterocycles. The van der Waals surface area contributed by atoms with Crippen LogP contribution in [0, 0.1) is 50.2 Å². The summed E-state index contributed by atoms with van der Waals surface area (Å²) in [6.45, 7) is 3.78. The molecule has 0 aromatic heterocycles. The molecule has 1 aromatic rings. The highest BCUT2D eigenvalue weighted by Gasteiger charge is 2.79. The molecule has 7 nitrogen and oxygen atoms in total. The highest BCUT2D eigenvalue weighted by atomic mass is 16.7. The van der Waals surface area contributed by atoms with E-state index < -0.39 is 34.5 Å². The van der Waals surface area contributed by atoms with Crippen LogP contribution in [-0.4, -0.2) is 24.9 Å². The molecule has 1 N–H and O–H groups in total. The summed E-state index contributed by atoms with van der Waals surface area (Å²) in [5, 5.41) is 39.5. The number of nitriles is 3. The van der Waals surface area contributed by atoms with Crippen molar-refractivity contribution < 1.29 is 14.2 Å². The quantitative estimate of drug-likeness (QED) is 0.669. The molecular formula is C23H26N4O3. The Balaban J connectivity index is 2.20. The van der Waals surface area contributed by atoms with Crippen LogP contribution in [0.3, 0.4) is 0 Å². The fourth-order valence-electron chi connectivity index (χ4n) is 4.99. The number of para-hydroxylation sites is 1. The number of methoxy groups -OCH3 is 1. The highest BCUT2D eigenvalue weighted by molar-refractivity contribution is 5.90. The summed E-state index contributed by atoms with van der Waals surface area (Å²) in [6.07, 6.45) is 3.38. The Kier molecular flexibility index (Phi) is 5.75. The van der Waals surface area contributed by atoms with Gasteiger partial charge < -0.3 is 14.2 Å². The minimum absolute atomic E-state index is 0.400. The lowest BCUT2D eigenvalue weighted by Gasteiger charge is -2.49. The van der Waals surface area contributed by atoms with Gasteiger partial charge in [-0.3, -0.25) is 5.41 Å². The molecule has 4 atom stereocenters. The molecule has 2 fully saturated rings. The van der Waals surface area contributed by atoms with E-state index in [-0.39, 0.29) is 0 Å². The number of nitrogens with one attached hydrogen (secondary N) is 1. The van der Waals surface area contributed by atoms with Crippen molar-refractivity contribution in [2.45, 2.75) is 63.8 Å². The first kappa shape index (κ1) is 21.6. The average molecular weight is 406 g/mol. The molecule has 0 radical (unpaired) electrons. The van der Waals surface area contributed by atoms with Gasteiger partial charge in [-0.05, 0) is 12.5 Å². The number of nitrogens with zero attached hydrogens (tertiary/aromatic N) is 3. The Morgan fingerprint density at radius 3 is 2.40 bits per heavy atom. The summed E-state index contributed by atoms with van der Waals surface area (Å²) in [5.41, 5.74) is -3.12. The van der Waals surface area contributed by atoms with Crippen LogP contribution in [0.2, 0.25) is 0 Å². The molecule has 30 heavy (non-hydrogen) atoms. The van der Waals surface area contributed by atoms with E-state index in [0.717, 1.165) is 25.7 Å². The fourth-order valence-corrected chi connectivity index (χ4v) is 4.99. The van der Waals surface area contributed by atoms with Gasteiger partial charge in [0.25, 0.3) is 0 Å². The molecule has 3 rings (SSSR count). The SMILES string of the molecule is CCCCCCC1OC2(C)OC(=N)C(C#N)(C2c2ccccc2OC)C1(C#N)C#N. The Morgan fingerprint density at radius 1 is 1.10 bits per heavy atom. The summed E-state index contributed by atoms with van der Waals surface area (Å²) in [7, 11) is 1.51. The van der Waals surface area contributed by atoms with Gasteiger partial charge in [0.1, 0.15) is 5.75 Å². The van der Waals surface area contributed by atoms with E-state index in [9.17, 15) is 15.8 Å². The summed E-state index contributed by atoms with van der Waals surface area (Å²) >= 11 is 0. The number of fused-ring (bicyclic) bond motifs is 2. The molecule has 1 aromatic carbocycles. The van der Waals surface area contributed by atoms with Crippen LogP contribution in [0.1, 0.15) is 57.4 Å². The lowest BCUT2D eigenvalue weighted by atomic mass is 9.52. The van der Waals surface area contributed by atoms with Gasteiger partial charge in [0, 0.05) is 12.5 Å². The van der Waals surface area contributed by atoms with Gasteiger partial charge in [-0.25, -0.2) is 0 Å². The van der Waals surface area contributed by atoms with Gasteiger partial charge in [-0.1, -0.05) is 50.8 Å². The van der Waals surface area contributed by atoms with E-state index in [1.165, 1.54) is 7.11 Å². The van der Waals surface area contributed by atoms with Crippen LogP contribution in [0.4, 0.5) is 0 Å². The van der Waals surface area contributed by atoms with Crippen molar-refractivity contribution in [1.82, 2.24) is 0 Å². The number of benzene rings is 1. The molecule has 7 heteroatoms. The summed E-state index contributed by atoms with van der Waals surface area (Å²) in [6, 6.07) is 13.4. The molecule has 0 aliphatic carbocycles. The van der Waals surface area contributed by atoms with E-state index in [1.54, 1.807) is 31.2 Å². The fraction of sp³-hybridized carbons (Fsp3) is 0.565. The van der Waals surface area contributed by atoms with E-state index in [1.807, 2.05) is 0 Å². The molecule has 0 saturated carbocycles. The molecule has 156 valence electrons. The maximum absolute atomic E-state index is 10.4. The number of rotatable bonds is 7. The highest BCUT2D eigenvalue weighted by Crippen LogP contribution is 2.67. The lowest BCUT2D eigenvalue weighted by molar-refractivity contribution is -0.252. The second kappa shape index (κ2) is 7.98. The van der Waals surface area contributed by atoms with Crippen LogP contribution in [0.15, 0.2) is 24.3 Å². The van der Waals surface area contributed by atoms with Crippen molar-refractivity contribution in [3.63, 3.8) is 0 Å². The Hall–Kier alpha value is -3.08. The number of hydrogen-bond acceptors (Lipinski definition) is 7. The molecule has 2 saturated heterocycles. The van der Waals surface area contributed by atoms with Gasteiger partial charge in [-0.15, -0.1) is 0 Å². The molecule has 0 spiro atoms. The van der Waals surface area contributed by atoms with Crippen molar-refractivity contribution in [1.29, 1.82) is 21.2 Å². The predicted octanol–water partition coefficient (Wildman–Crippen LogP) is 4.42. The summed E-state index contributed by atoms with van der Waals surface area (Å²) in [5.74, 6) is -2.15. The molecular weight excluding hydrogens is 380 g/mol. The maximum Gasteiger partial charge on any atom is 0.218 e. The average Bonchev–Trinajstić information content (AvgIpc) is 2.94. The second-order valence-corrected chi connectivity index (χ2v) is 8.03. The van der Waals surface area contributed by atoms with Crippen molar-refractivity contribution in [2.75, 3.05) is 7.11 Å². The topological polar surface area (TPSA) is 123 Å². The monoisotopic (exact) mass is 406 g/mol. The Morgan fingerprint density at radius 2 is 1.80 bits per heavy atom. The van der Waals surface area contributed by atoms with E-state index >= 15 is 0 Å². The van der Waals surface area contributed by atoms with Crippen LogP contribution >= 0.6 is 0 Å². The number of ether oxygens (including phenoxy) is 3. The van der Waals surface area contributed by atoms with Gasteiger partial charge in [0.05, 0.1) is 37.3 Å². The largest absolute Gasteiger partial charge is 0.496 e. The van der Waals surface area contributed by atoms with Crippen molar-refractivity contribution in [3.05, 3.63) is 29.8 Å². The van der Waals surface area contributed by atoms with E-state index in [4.69, 9.17) is 19.6 Å². The third kappa shape index (κ3) is 2.76. The Bertz CT molecular complexity index is 942. The van der Waals surface area contributed by atoms with Gasteiger partial charge in [0.15, 0.2) is 10.8 Å². The van der Waals surface area contributed by atoms with E-state index in [2.05, 4.69) is 25.1 Å². The van der Waals surface area contributed by atoms with Gasteiger partial charge in [0.2, 0.25) is 11.7 Å². The lowest BCUT2D eigenvalue weighted by Crippen LogP contribution is -2.60. The maximum atomic E-state index is 10.4. The first-order valence-electron chi connectivity index (χ1n) is 10.2. The zero-order valence-electron chi connectivity index (χ0n) is 17.6. The Labute approximate surface area is 177 Å². The number of unbranched alkanes of at least 4 members (excludes halogenated alkanes) is 3. The van der Waals surface area contributed by atoms with Gasteiger partial charge in [-0.2, -0.15) is 15.8 Å². The standard InChI is InChI=1S/C23H26N4O3/c1-4-5-6-7-12-18-22(13-24,14-25)23(15-26)19(21(2,29-18)30-20(23)27)16-10-8-9-11-17(16)28-3/h8-11,18-19,27H,4-7,12H2,1-3H3. The first-order chi connectivity index (χ1) is 14.4. The van der Waals surface area contributed by atoms with Crippen LogP contribution < -0.4 is 4.74 Å². The molecule has 4 unspecified atom stereocenters. The molecule has 2 aliphatic heterocycles. The van der Waals surface area contributed by atoms with Crippen LogP contribution in [0.5, 0.6) is 5.75 Å². The van der Waals surface area contributed by atoms with Crippen molar-refractivity contribution in [2.24, 2.45) is 10.8 Å². The van der Waals surface area contributed by atoms with E-state index in [0.29, 0.717) is 17.7 Å². The van der Waals surface area contributed by atoms with Crippen LogP contribution in [-0.2, 0) is 9.47 Å². The minimum Gasteiger partial charge on any atom is -0.496 e. The third-order valence-corrected chi connectivity index (χ3v) is 6.40. The first-order valence-corrected chi connectivity index (χ1v) is 10.2. The van der Waals surface area contributed by atoms with Crippen molar-refractivity contribution in [3.8, 4) is 24.0 Å². The van der Waals surface area contributed by atoms with Crippen molar-refractivity contribution >= 4 is 5.90 Å². The zero-order valence-corrected chi connectivity index (χ0v) is 17.6. The number of hydrogen-bond donors (Lipinski definition) is 1. The molecule has 2 aliphatic rings. The summed E-state index contributed by atoms with van der Waals surface area (Å²) in [4.78, 5) is 0. The minimum atomic E-state index is -1.88. The smallest absolute Gasteiger partial charge is 0.218 e. The summed E-state index contributed by atoms with van der Waals surface area (Å²) < 4.78 is 17.6. The van der Waals surface area contributed by atoms with Crippen LogP contribution in [0.25, 0.3) is 0 Å². The molecule has 0 amide bonds. The third-order valence-electron chi connectivity index (χ3n) is 6.40. The van der Waals surface area contributed by atoms with Gasteiger partial charge >= 0.3 is 0 Å².